The molecular formula is C17H31IN6O3. The molecule has 0 aromatic carbocycles. The van der Waals surface area contributed by atoms with Gasteiger partial charge in [-0.3, -0.25) is 19.8 Å². The summed E-state index contributed by atoms with van der Waals surface area (Å²) >= 11 is 0. The predicted molar refractivity (Wildman–Crippen MR) is 116 cm³/mol. The monoisotopic (exact) mass is 494 g/mol. The van der Waals surface area contributed by atoms with Crippen molar-refractivity contribution in [2.24, 2.45) is 10.4 Å². The van der Waals surface area contributed by atoms with Crippen molar-refractivity contribution in [2.75, 3.05) is 33.4 Å². The average molecular weight is 494 g/mol. The van der Waals surface area contributed by atoms with E-state index in [0.717, 1.165) is 32.1 Å². The molecular weight excluding hydrogens is 463 g/mol. The summed E-state index contributed by atoms with van der Waals surface area (Å²) in [6.07, 6.45) is 8.68. The minimum absolute atomic E-state index is 0. The van der Waals surface area contributed by atoms with E-state index in [9.17, 15) is 10.1 Å². The molecule has 0 amide bonds. The first-order valence-electron chi connectivity index (χ1n) is 9.26. The summed E-state index contributed by atoms with van der Waals surface area (Å²) in [7, 11) is 1.75. The molecule has 0 spiro atoms. The van der Waals surface area contributed by atoms with Crippen LogP contribution in [0.5, 0.6) is 0 Å². The van der Waals surface area contributed by atoms with Crippen LogP contribution in [-0.4, -0.2) is 54.0 Å². The van der Waals surface area contributed by atoms with Gasteiger partial charge in [0.1, 0.15) is 12.4 Å². The van der Waals surface area contributed by atoms with E-state index in [1.54, 1.807) is 11.8 Å². The lowest BCUT2D eigenvalue weighted by Crippen LogP contribution is -2.40. The summed E-state index contributed by atoms with van der Waals surface area (Å²) < 4.78 is 6.84. The number of nitrogens with zero attached hydrogens (tertiary/aromatic N) is 4. The molecule has 9 nitrogen and oxygen atoms in total. The van der Waals surface area contributed by atoms with Crippen LogP contribution in [0.15, 0.2) is 17.4 Å². The number of methoxy groups -OCH3 is 1. The zero-order chi connectivity index (χ0) is 18.8. The largest absolute Gasteiger partial charge is 0.385 e. The Labute approximate surface area is 177 Å². The summed E-state index contributed by atoms with van der Waals surface area (Å²) in [6, 6.07) is 0. The number of halogens is 1. The van der Waals surface area contributed by atoms with E-state index in [2.05, 4.69) is 15.7 Å². The van der Waals surface area contributed by atoms with Gasteiger partial charge in [0.2, 0.25) is 0 Å². The Hall–Kier alpha value is -1.43. The fourth-order valence-corrected chi connectivity index (χ4v) is 3.38. The van der Waals surface area contributed by atoms with Gasteiger partial charge < -0.3 is 15.4 Å². The Kier molecular flexibility index (Phi) is 10.6. The molecule has 0 unspecified atom stereocenters. The van der Waals surface area contributed by atoms with E-state index in [0.29, 0.717) is 13.1 Å². The number of nitrogens with one attached hydrogen (secondary N) is 2. The predicted octanol–water partition coefficient (Wildman–Crippen LogP) is 2.56. The summed E-state index contributed by atoms with van der Waals surface area (Å²) in [5.41, 5.74) is 0.257. The lowest BCUT2D eigenvalue weighted by atomic mass is 9.83. The average Bonchev–Trinajstić information content (AvgIpc) is 3.28. The Balaban J connectivity index is 0.00000364. The molecule has 1 aromatic rings. The highest BCUT2D eigenvalue weighted by Gasteiger charge is 2.33. The van der Waals surface area contributed by atoms with E-state index >= 15 is 0 Å². The quantitative estimate of drug-likeness (QED) is 0.170. The lowest BCUT2D eigenvalue weighted by Gasteiger charge is -2.27. The molecule has 0 saturated heterocycles. The van der Waals surface area contributed by atoms with Gasteiger partial charge >= 0.3 is 5.69 Å². The Morgan fingerprint density at radius 2 is 2.19 bits per heavy atom. The summed E-state index contributed by atoms with van der Waals surface area (Å²) in [5.74, 6) is 0.776. The molecule has 2 rings (SSSR count). The van der Waals surface area contributed by atoms with E-state index in [1.807, 2.05) is 6.92 Å². The Morgan fingerprint density at radius 1 is 1.44 bits per heavy atom. The van der Waals surface area contributed by atoms with Crippen molar-refractivity contribution in [3.63, 3.8) is 0 Å². The van der Waals surface area contributed by atoms with Gasteiger partial charge in [-0.05, 0) is 31.6 Å². The van der Waals surface area contributed by atoms with Crippen LogP contribution in [0.4, 0.5) is 5.69 Å². The van der Waals surface area contributed by atoms with Crippen LogP contribution in [0.1, 0.15) is 39.0 Å². The van der Waals surface area contributed by atoms with Gasteiger partial charge in [-0.15, -0.1) is 24.0 Å². The minimum atomic E-state index is -0.441. The van der Waals surface area contributed by atoms with Crippen molar-refractivity contribution in [3.05, 3.63) is 22.5 Å². The first-order valence-corrected chi connectivity index (χ1v) is 9.26. The molecule has 1 saturated carbocycles. The second-order valence-electron chi connectivity index (χ2n) is 6.79. The number of aromatic nitrogens is 2. The standard InChI is InChI=1S/C17H30N6O3.HI/c1-3-18-16(19-9-10-22-13-15(12-21-22)23(24)25)20-14-17(8-11-26-2)6-4-5-7-17;/h12-13H,3-11,14H2,1-2H3,(H2,18,19,20);1H. The second-order valence-corrected chi connectivity index (χ2v) is 6.79. The van der Waals surface area contributed by atoms with Crippen molar-refractivity contribution >= 4 is 35.6 Å². The van der Waals surface area contributed by atoms with Crippen LogP contribution in [0.2, 0.25) is 0 Å². The molecule has 1 aliphatic carbocycles. The maximum atomic E-state index is 10.7. The summed E-state index contributed by atoms with van der Waals surface area (Å²) in [4.78, 5) is 15.0. The fraction of sp³-hybridized carbons (Fsp3) is 0.765. The summed E-state index contributed by atoms with van der Waals surface area (Å²) in [6.45, 7) is 5.51. The first kappa shape index (κ1) is 23.6. The van der Waals surface area contributed by atoms with Crippen molar-refractivity contribution < 1.29 is 9.66 Å². The van der Waals surface area contributed by atoms with Crippen LogP contribution in [0.25, 0.3) is 0 Å². The molecule has 0 bridgehead atoms. The van der Waals surface area contributed by atoms with Crippen LogP contribution < -0.4 is 10.6 Å². The highest BCUT2D eigenvalue weighted by Crippen LogP contribution is 2.41. The SMILES string of the molecule is CCNC(=NCC1(CCOC)CCCC1)NCCn1cc([N+](=O)[O-])cn1.I. The third kappa shape index (κ3) is 7.60. The molecule has 1 aromatic heterocycles. The van der Waals surface area contributed by atoms with Gasteiger partial charge in [0, 0.05) is 33.4 Å². The van der Waals surface area contributed by atoms with Crippen LogP contribution in [-0.2, 0) is 11.3 Å². The maximum Gasteiger partial charge on any atom is 0.306 e. The molecule has 1 aliphatic rings. The first-order chi connectivity index (χ1) is 12.6. The van der Waals surface area contributed by atoms with E-state index < -0.39 is 4.92 Å². The highest BCUT2D eigenvalue weighted by molar-refractivity contribution is 14.0. The molecule has 27 heavy (non-hydrogen) atoms. The van der Waals surface area contributed by atoms with E-state index in [1.165, 1.54) is 38.1 Å². The normalized spacial score (nSPS) is 16.0. The number of hydrogen-bond donors (Lipinski definition) is 2. The molecule has 1 heterocycles. The lowest BCUT2D eigenvalue weighted by molar-refractivity contribution is -0.385. The topological polar surface area (TPSA) is 107 Å². The number of aliphatic imine (C=N–C) groups is 1. The number of hydrogen-bond acceptors (Lipinski definition) is 5. The van der Waals surface area contributed by atoms with Crippen molar-refractivity contribution in [1.82, 2.24) is 20.4 Å². The second kappa shape index (κ2) is 12.1. The number of rotatable bonds is 10. The summed E-state index contributed by atoms with van der Waals surface area (Å²) in [5, 5.41) is 21.2. The smallest absolute Gasteiger partial charge is 0.306 e. The van der Waals surface area contributed by atoms with Crippen LogP contribution in [0.3, 0.4) is 0 Å². The van der Waals surface area contributed by atoms with Gasteiger partial charge in [-0.1, -0.05) is 12.8 Å². The fourth-order valence-electron chi connectivity index (χ4n) is 3.38. The molecule has 1 fully saturated rings. The Morgan fingerprint density at radius 3 is 2.78 bits per heavy atom. The molecule has 0 atom stereocenters. The number of nitro groups is 1. The van der Waals surface area contributed by atoms with Gasteiger partial charge in [0.15, 0.2) is 5.96 Å². The van der Waals surface area contributed by atoms with Crippen molar-refractivity contribution in [1.29, 1.82) is 0 Å². The third-order valence-corrected chi connectivity index (χ3v) is 4.88. The Bertz CT molecular complexity index is 601. The van der Waals surface area contributed by atoms with Gasteiger partial charge in [-0.2, -0.15) is 5.10 Å². The van der Waals surface area contributed by atoms with Gasteiger partial charge in [0.05, 0.1) is 11.5 Å². The van der Waals surface area contributed by atoms with Crippen LogP contribution in [0, 0.1) is 15.5 Å². The number of guanidine groups is 1. The zero-order valence-corrected chi connectivity index (χ0v) is 18.5. The van der Waals surface area contributed by atoms with Gasteiger partial charge in [-0.25, -0.2) is 0 Å². The highest BCUT2D eigenvalue weighted by atomic mass is 127. The van der Waals surface area contributed by atoms with E-state index in [4.69, 9.17) is 9.73 Å². The van der Waals surface area contributed by atoms with Crippen molar-refractivity contribution in [2.45, 2.75) is 45.6 Å². The molecule has 10 heteroatoms. The van der Waals surface area contributed by atoms with Crippen LogP contribution >= 0.6 is 24.0 Å². The minimum Gasteiger partial charge on any atom is -0.385 e. The van der Waals surface area contributed by atoms with E-state index in [-0.39, 0.29) is 35.1 Å². The molecule has 2 N–H and O–H groups in total. The zero-order valence-electron chi connectivity index (χ0n) is 16.1. The molecule has 0 radical (unpaired) electrons. The van der Waals surface area contributed by atoms with Gasteiger partial charge in [0.25, 0.3) is 0 Å². The third-order valence-electron chi connectivity index (χ3n) is 4.88. The number of ether oxygens (including phenoxy) is 1. The maximum absolute atomic E-state index is 10.7. The molecule has 0 aliphatic heterocycles. The molecule has 154 valence electrons. The van der Waals surface area contributed by atoms with Crippen molar-refractivity contribution in [3.8, 4) is 0 Å².